The molecule has 2 aromatic rings. The minimum Gasteiger partial charge on any atom is -0.497 e. The topological polar surface area (TPSA) is 66.9 Å². The summed E-state index contributed by atoms with van der Waals surface area (Å²) in [6.07, 6.45) is 0.466. The van der Waals surface area contributed by atoms with E-state index in [-0.39, 0.29) is 23.5 Å². The normalized spacial score (nSPS) is 17.9. The smallest absolute Gasteiger partial charge is 0.254 e. The number of methoxy groups -OCH3 is 1. The van der Waals surface area contributed by atoms with Gasteiger partial charge in [-0.1, -0.05) is 18.2 Å². The number of amides is 1. The van der Waals surface area contributed by atoms with Crippen molar-refractivity contribution in [3.8, 4) is 5.75 Å². The Labute approximate surface area is 166 Å². The Hall–Kier alpha value is -2.54. The van der Waals surface area contributed by atoms with Gasteiger partial charge in [-0.05, 0) is 42.3 Å². The first-order valence-electron chi connectivity index (χ1n) is 9.21. The summed E-state index contributed by atoms with van der Waals surface area (Å²) in [4.78, 5) is 16.9. The highest BCUT2D eigenvalue weighted by molar-refractivity contribution is 7.91. The van der Waals surface area contributed by atoms with Crippen molar-refractivity contribution >= 4 is 21.4 Å². The molecule has 2 aromatic carbocycles. The number of rotatable bonds is 6. The van der Waals surface area contributed by atoms with Gasteiger partial charge in [0, 0.05) is 37.9 Å². The van der Waals surface area contributed by atoms with Crippen LogP contribution in [0.25, 0.3) is 0 Å². The molecule has 1 aliphatic rings. The van der Waals surface area contributed by atoms with Crippen molar-refractivity contribution in [2.75, 3.05) is 37.6 Å². The van der Waals surface area contributed by atoms with E-state index >= 15 is 0 Å². The van der Waals surface area contributed by atoms with Crippen molar-refractivity contribution in [2.45, 2.75) is 19.0 Å². The van der Waals surface area contributed by atoms with Crippen LogP contribution in [-0.2, 0) is 16.4 Å². The van der Waals surface area contributed by atoms with Crippen LogP contribution in [0.5, 0.6) is 5.75 Å². The summed E-state index contributed by atoms with van der Waals surface area (Å²) < 4.78 is 29.3. The van der Waals surface area contributed by atoms with Gasteiger partial charge in [0.25, 0.3) is 5.91 Å². The summed E-state index contributed by atoms with van der Waals surface area (Å²) in [5.74, 6) is 0.551. The number of carbonyl (C=O) groups excluding carboxylic acids is 1. The minimum atomic E-state index is -3.10. The van der Waals surface area contributed by atoms with E-state index in [2.05, 4.69) is 0 Å². The molecular weight excluding hydrogens is 376 g/mol. The molecule has 1 saturated heterocycles. The Kier molecular flexibility index (Phi) is 5.93. The molecule has 0 unspecified atom stereocenters. The fourth-order valence-electron chi connectivity index (χ4n) is 3.41. The zero-order chi connectivity index (χ0) is 20.3. The maximum atomic E-state index is 13.3. The highest BCUT2D eigenvalue weighted by Gasteiger charge is 2.35. The van der Waals surface area contributed by atoms with Crippen molar-refractivity contribution in [3.63, 3.8) is 0 Å². The lowest BCUT2D eigenvalue weighted by Gasteiger charge is -2.29. The van der Waals surface area contributed by atoms with Crippen molar-refractivity contribution in [1.82, 2.24) is 4.90 Å². The largest absolute Gasteiger partial charge is 0.497 e. The van der Waals surface area contributed by atoms with Gasteiger partial charge in [0.2, 0.25) is 0 Å². The van der Waals surface area contributed by atoms with E-state index in [1.54, 1.807) is 36.3 Å². The van der Waals surface area contributed by atoms with Gasteiger partial charge in [-0.3, -0.25) is 4.79 Å². The predicted octanol–water partition coefficient (Wildman–Crippen LogP) is 2.59. The van der Waals surface area contributed by atoms with Gasteiger partial charge in [0.05, 0.1) is 18.6 Å². The molecule has 1 amide bonds. The summed E-state index contributed by atoms with van der Waals surface area (Å²) in [5, 5.41) is 0. The maximum Gasteiger partial charge on any atom is 0.254 e. The van der Waals surface area contributed by atoms with Crippen molar-refractivity contribution in [2.24, 2.45) is 0 Å². The molecule has 1 heterocycles. The van der Waals surface area contributed by atoms with Crippen LogP contribution in [0.3, 0.4) is 0 Å². The number of hydrogen-bond donors (Lipinski definition) is 0. The Morgan fingerprint density at radius 3 is 2.43 bits per heavy atom. The van der Waals surface area contributed by atoms with Crippen LogP contribution in [0.15, 0.2) is 48.5 Å². The standard InChI is InChI=1S/C21H26N2O4S/c1-22(2)18-9-7-16(8-10-18)14-23(19-11-12-28(25,26)15-19)21(24)17-5-4-6-20(13-17)27-3/h4-10,13,19H,11-12,14-15H2,1-3H3/t19-/m1/s1. The molecule has 0 bridgehead atoms. The third-order valence-electron chi connectivity index (χ3n) is 5.03. The molecule has 3 rings (SSSR count). The number of ether oxygens (including phenoxy) is 1. The average Bonchev–Trinajstić information content (AvgIpc) is 3.05. The van der Waals surface area contributed by atoms with Crippen LogP contribution in [-0.4, -0.2) is 58.0 Å². The van der Waals surface area contributed by atoms with Crippen LogP contribution in [0.4, 0.5) is 5.69 Å². The first-order valence-corrected chi connectivity index (χ1v) is 11.0. The van der Waals surface area contributed by atoms with E-state index in [0.717, 1.165) is 11.3 Å². The number of benzene rings is 2. The molecule has 150 valence electrons. The summed E-state index contributed by atoms with van der Waals surface area (Å²) in [6, 6.07) is 14.6. The second-order valence-corrected chi connectivity index (χ2v) is 9.51. The van der Waals surface area contributed by atoms with Crippen molar-refractivity contribution < 1.29 is 17.9 Å². The zero-order valence-corrected chi connectivity index (χ0v) is 17.3. The zero-order valence-electron chi connectivity index (χ0n) is 16.5. The second-order valence-electron chi connectivity index (χ2n) is 7.28. The summed E-state index contributed by atoms with van der Waals surface area (Å²) in [7, 11) is 2.39. The van der Waals surface area contributed by atoms with Crippen LogP contribution in [0.1, 0.15) is 22.3 Å². The van der Waals surface area contributed by atoms with Gasteiger partial charge >= 0.3 is 0 Å². The molecule has 0 N–H and O–H groups in total. The lowest BCUT2D eigenvalue weighted by molar-refractivity contribution is 0.0680. The van der Waals surface area contributed by atoms with Crippen molar-refractivity contribution in [1.29, 1.82) is 0 Å². The monoisotopic (exact) mass is 402 g/mol. The first-order chi connectivity index (χ1) is 13.3. The molecule has 1 fully saturated rings. The molecule has 1 aliphatic heterocycles. The van der Waals surface area contributed by atoms with E-state index in [1.165, 1.54) is 0 Å². The predicted molar refractivity (Wildman–Crippen MR) is 111 cm³/mol. The molecule has 1 atom stereocenters. The Balaban J connectivity index is 1.89. The fraction of sp³-hybridized carbons (Fsp3) is 0.381. The lowest BCUT2D eigenvalue weighted by atomic mass is 10.1. The number of anilines is 1. The van der Waals surface area contributed by atoms with E-state index in [4.69, 9.17) is 4.74 Å². The van der Waals surface area contributed by atoms with Gasteiger partial charge in [-0.15, -0.1) is 0 Å². The van der Waals surface area contributed by atoms with E-state index < -0.39 is 9.84 Å². The Morgan fingerprint density at radius 1 is 1.14 bits per heavy atom. The maximum absolute atomic E-state index is 13.3. The number of sulfone groups is 1. The second kappa shape index (κ2) is 8.22. The average molecular weight is 403 g/mol. The van der Waals surface area contributed by atoms with Gasteiger partial charge in [0.15, 0.2) is 9.84 Å². The summed E-state index contributed by atoms with van der Waals surface area (Å²) >= 11 is 0. The molecule has 0 aliphatic carbocycles. The highest BCUT2D eigenvalue weighted by Crippen LogP contribution is 2.24. The summed E-state index contributed by atoms with van der Waals surface area (Å²) in [6.45, 7) is 0.365. The van der Waals surface area contributed by atoms with E-state index in [1.807, 2.05) is 43.3 Å². The van der Waals surface area contributed by atoms with Crippen LogP contribution in [0.2, 0.25) is 0 Å². The fourth-order valence-corrected chi connectivity index (χ4v) is 5.14. The summed E-state index contributed by atoms with van der Waals surface area (Å²) in [5.41, 5.74) is 2.53. The molecule has 0 aromatic heterocycles. The first kappa shape index (κ1) is 20.2. The number of hydrogen-bond acceptors (Lipinski definition) is 5. The Morgan fingerprint density at radius 2 is 1.86 bits per heavy atom. The molecule has 28 heavy (non-hydrogen) atoms. The van der Waals surface area contributed by atoms with Crippen LogP contribution < -0.4 is 9.64 Å². The molecule has 0 radical (unpaired) electrons. The van der Waals surface area contributed by atoms with Gasteiger partial charge in [-0.2, -0.15) is 0 Å². The minimum absolute atomic E-state index is 0.0124. The number of carbonyl (C=O) groups is 1. The van der Waals surface area contributed by atoms with Crippen LogP contribution >= 0.6 is 0 Å². The third-order valence-corrected chi connectivity index (χ3v) is 6.78. The number of nitrogens with zero attached hydrogens (tertiary/aromatic N) is 2. The van der Waals surface area contributed by atoms with Crippen LogP contribution in [0, 0.1) is 0 Å². The third kappa shape index (κ3) is 4.65. The molecule has 7 heteroatoms. The molecule has 6 nitrogen and oxygen atoms in total. The quantitative estimate of drug-likeness (QED) is 0.743. The van der Waals surface area contributed by atoms with Gasteiger partial charge in [-0.25, -0.2) is 8.42 Å². The Bertz CT molecular complexity index is 939. The van der Waals surface area contributed by atoms with Gasteiger partial charge in [0.1, 0.15) is 5.75 Å². The molecular formula is C21H26N2O4S. The molecule has 0 spiro atoms. The van der Waals surface area contributed by atoms with E-state index in [0.29, 0.717) is 24.3 Å². The SMILES string of the molecule is COc1cccc(C(=O)N(Cc2ccc(N(C)C)cc2)[C@@H]2CCS(=O)(=O)C2)c1. The lowest BCUT2D eigenvalue weighted by Crippen LogP contribution is -2.40. The van der Waals surface area contributed by atoms with Crippen molar-refractivity contribution in [3.05, 3.63) is 59.7 Å². The highest BCUT2D eigenvalue weighted by atomic mass is 32.2. The molecule has 0 saturated carbocycles. The van der Waals surface area contributed by atoms with E-state index in [9.17, 15) is 13.2 Å². The van der Waals surface area contributed by atoms with Gasteiger partial charge < -0.3 is 14.5 Å².